The number of aldehydes is 1. The molecule has 0 fully saturated rings. The molecule has 1 atom stereocenters. The third kappa shape index (κ3) is 5.69. The van der Waals surface area contributed by atoms with Gasteiger partial charge in [0.25, 0.3) is 0 Å². The van der Waals surface area contributed by atoms with E-state index < -0.39 is 11.7 Å². The second-order valence-electron chi connectivity index (χ2n) is 3.57. The summed E-state index contributed by atoms with van der Waals surface area (Å²) >= 11 is 0. The maximum Gasteiger partial charge on any atom is 0.211 e. The van der Waals surface area contributed by atoms with Gasteiger partial charge in [0, 0.05) is 11.6 Å². The fraction of sp³-hybridized carbons (Fsp3) is 0.125. The normalized spacial score (nSPS) is 9.80. The molecular formula is C16H16N2O2. The lowest BCUT2D eigenvalue weighted by atomic mass is 10.1. The number of Topliss-reactive ketones (excluding diaryl/α,β-unsaturated/α-hetero) is 1. The Bertz CT molecular complexity index is 537. The summed E-state index contributed by atoms with van der Waals surface area (Å²) < 4.78 is 0. The highest BCUT2D eigenvalue weighted by Gasteiger charge is 2.08. The van der Waals surface area contributed by atoms with Crippen LogP contribution in [0.3, 0.4) is 0 Å². The van der Waals surface area contributed by atoms with Crippen LogP contribution in [0.2, 0.25) is 0 Å². The Balaban J connectivity index is 0.000000330. The van der Waals surface area contributed by atoms with Crippen molar-refractivity contribution in [1.29, 1.82) is 5.26 Å². The number of carbonyl (C=O) groups is 2. The predicted octanol–water partition coefficient (Wildman–Crippen LogP) is 2.95. The van der Waals surface area contributed by atoms with Crippen molar-refractivity contribution in [2.75, 3.05) is 0 Å². The molecule has 0 saturated heterocycles. The zero-order chi connectivity index (χ0) is 15.4. The minimum Gasteiger partial charge on any atom is -0.295 e. The van der Waals surface area contributed by atoms with Gasteiger partial charge in [-0.25, -0.2) is 0 Å². The van der Waals surface area contributed by atoms with Gasteiger partial charge < -0.3 is 0 Å². The highest BCUT2D eigenvalue weighted by Crippen LogP contribution is 2.07. The van der Waals surface area contributed by atoms with Crippen LogP contribution < -0.4 is 0 Å². The van der Waals surface area contributed by atoms with Gasteiger partial charge >= 0.3 is 0 Å². The molecular weight excluding hydrogens is 252 g/mol. The van der Waals surface area contributed by atoms with Crippen LogP contribution in [0.25, 0.3) is 10.9 Å². The molecule has 0 aliphatic heterocycles. The Morgan fingerprint density at radius 3 is 2.40 bits per heavy atom. The quantitative estimate of drug-likeness (QED) is 0.477. The summed E-state index contributed by atoms with van der Waals surface area (Å²) in [6.07, 6.45) is 1.97. The maximum atomic E-state index is 10.2. The van der Waals surface area contributed by atoms with Gasteiger partial charge in [0.15, 0.2) is 6.29 Å². The molecule has 0 bridgehead atoms. The van der Waals surface area contributed by atoms with E-state index in [0.29, 0.717) is 0 Å². The van der Waals surface area contributed by atoms with Gasteiger partial charge in [-0.15, -0.1) is 13.2 Å². The first-order valence-electron chi connectivity index (χ1n) is 5.87. The van der Waals surface area contributed by atoms with Crippen molar-refractivity contribution in [2.45, 2.75) is 6.92 Å². The van der Waals surface area contributed by atoms with Crippen molar-refractivity contribution in [3.8, 4) is 6.07 Å². The average molecular weight is 268 g/mol. The summed E-state index contributed by atoms with van der Waals surface area (Å²) in [7, 11) is 0. The van der Waals surface area contributed by atoms with Crippen LogP contribution in [0.15, 0.2) is 55.8 Å². The van der Waals surface area contributed by atoms with Gasteiger partial charge in [-0.1, -0.05) is 24.3 Å². The van der Waals surface area contributed by atoms with Gasteiger partial charge in [-0.05, 0) is 19.1 Å². The number of nitriles is 1. The number of rotatable bonds is 2. The standard InChI is InChI=1S/C9H7N.C5H5NO2.C2H4/c1-2-6-9-8(4-1)5-3-7-10-9;1-4(2-6)5(8)3-7;1-2/h1-7H;3-4H,1H3;1-2H2. The van der Waals surface area contributed by atoms with Crippen LogP contribution in [0.4, 0.5) is 0 Å². The fourth-order valence-electron chi connectivity index (χ4n) is 1.18. The van der Waals surface area contributed by atoms with Crippen LogP contribution in [0.1, 0.15) is 6.92 Å². The summed E-state index contributed by atoms with van der Waals surface area (Å²) in [6, 6.07) is 13.7. The number of hydrogen-bond acceptors (Lipinski definition) is 4. The predicted molar refractivity (Wildman–Crippen MR) is 78.8 cm³/mol. The van der Waals surface area contributed by atoms with E-state index in [4.69, 9.17) is 5.26 Å². The molecule has 2 aromatic rings. The zero-order valence-electron chi connectivity index (χ0n) is 11.3. The van der Waals surface area contributed by atoms with Gasteiger partial charge in [0.2, 0.25) is 5.78 Å². The molecule has 1 unspecified atom stereocenters. The zero-order valence-corrected chi connectivity index (χ0v) is 11.3. The molecule has 1 aromatic carbocycles. The number of carbonyl (C=O) groups excluding carboxylic acids is 2. The number of nitrogens with zero attached hydrogens (tertiary/aromatic N) is 2. The lowest BCUT2D eigenvalue weighted by molar-refractivity contribution is -0.131. The summed E-state index contributed by atoms with van der Waals surface area (Å²) in [6.45, 7) is 7.39. The monoisotopic (exact) mass is 268 g/mol. The van der Waals surface area contributed by atoms with Crippen LogP contribution >= 0.6 is 0 Å². The Labute approximate surface area is 118 Å². The molecule has 102 valence electrons. The minimum absolute atomic E-state index is 0.161. The SMILES string of the molecule is C=C.CC(C#N)C(=O)C=O.c1ccc2ncccc2c1. The Morgan fingerprint density at radius 1 is 1.30 bits per heavy atom. The van der Waals surface area contributed by atoms with Gasteiger partial charge in [-0.3, -0.25) is 14.6 Å². The first kappa shape index (κ1) is 17.2. The molecule has 0 aliphatic carbocycles. The van der Waals surface area contributed by atoms with Crippen LogP contribution in [0, 0.1) is 17.2 Å². The number of hydrogen-bond donors (Lipinski definition) is 0. The van der Waals surface area contributed by atoms with Gasteiger partial charge in [0.1, 0.15) is 5.92 Å². The lowest BCUT2D eigenvalue weighted by Gasteiger charge is -1.91. The Hall–Kier alpha value is -2.80. The van der Waals surface area contributed by atoms with Crippen molar-refractivity contribution < 1.29 is 9.59 Å². The highest BCUT2D eigenvalue weighted by molar-refractivity contribution is 6.26. The molecule has 4 nitrogen and oxygen atoms in total. The number of benzene rings is 1. The fourth-order valence-corrected chi connectivity index (χ4v) is 1.18. The van der Waals surface area contributed by atoms with Crippen molar-refractivity contribution in [3.05, 3.63) is 55.8 Å². The second kappa shape index (κ2) is 10.2. The number of pyridine rings is 1. The minimum atomic E-state index is -0.785. The molecule has 1 aromatic heterocycles. The van der Waals surface area contributed by atoms with Gasteiger partial charge in [-0.2, -0.15) is 5.26 Å². The van der Waals surface area contributed by atoms with Crippen LogP contribution in [-0.2, 0) is 9.59 Å². The summed E-state index contributed by atoms with van der Waals surface area (Å²) in [5, 5.41) is 9.21. The number of para-hydroxylation sites is 1. The highest BCUT2D eigenvalue weighted by atomic mass is 16.2. The second-order valence-corrected chi connectivity index (χ2v) is 3.57. The van der Waals surface area contributed by atoms with E-state index >= 15 is 0 Å². The van der Waals surface area contributed by atoms with Crippen molar-refractivity contribution in [3.63, 3.8) is 0 Å². The Kier molecular flexibility index (Phi) is 8.73. The van der Waals surface area contributed by atoms with E-state index in [9.17, 15) is 9.59 Å². The number of fused-ring (bicyclic) bond motifs is 1. The first-order chi connectivity index (χ1) is 9.69. The molecule has 20 heavy (non-hydrogen) atoms. The summed E-state index contributed by atoms with van der Waals surface area (Å²) in [5.41, 5.74) is 1.06. The van der Waals surface area contributed by atoms with Crippen LogP contribution in [-0.4, -0.2) is 17.1 Å². The largest absolute Gasteiger partial charge is 0.295 e. The summed E-state index contributed by atoms with van der Waals surface area (Å²) in [5.74, 6) is -1.44. The molecule has 0 amide bonds. The molecule has 0 spiro atoms. The number of aromatic nitrogens is 1. The van der Waals surface area contributed by atoms with E-state index in [1.54, 1.807) is 6.07 Å². The lowest BCUT2D eigenvalue weighted by Crippen LogP contribution is -2.08. The molecule has 1 heterocycles. The smallest absolute Gasteiger partial charge is 0.211 e. The van der Waals surface area contributed by atoms with Crippen LogP contribution in [0.5, 0.6) is 0 Å². The third-order valence-corrected chi connectivity index (χ3v) is 2.25. The van der Waals surface area contributed by atoms with Crippen molar-refractivity contribution in [1.82, 2.24) is 4.98 Å². The van der Waals surface area contributed by atoms with E-state index in [-0.39, 0.29) is 6.29 Å². The van der Waals surface area contributed by atoms with E-state index in [1.807, 2.05) is 30.5 Å². The molecule has 0 aliphatic rings. The molecule has 4 heteroatoms. The number of ketones is 1. The summed E-state index contributed by atoms with van der Waals surface area (Å²) in [4.78, 5) is 23.9. The molecule has 2 rings (SSSR count). The maximum absolute atomic E-state index is 10.2. The van der Waals surface area contributed by atoms with Gasteiger partial charge in [0.05, 0.1) is 11.6 Å². The van der Waals surface area contributed by atoms with Crippen molar-refractivity contribution in [2.24, 2.45) is 5.92 Å². The molecule has 0 radical (unpaired) electrons. The molecule has 0 N–H and O–H groups in total. The third-order valence-electron chi connectivity index (χ3n) is 2.25. The average Bonchev–Trinajstić information content (AvgIpc) is 2.56. The van der Waals surface area contributed by atoms with E-state index in [2.05, 4.69) is 30.3 Å². The first-order valence-corrected chi connectivity index (χ1v) is 5.87. The van der Waals surface area contributed by atoms with E-state index in [0.717, 1.165) is 5.52 Å². The van der Waals surface area contributed by atoms with Crippen molar-refractivity contribution >= 4 is 23.0 Å². The van der Waals surface area contributed by atoms with E-state index in [1.165, 1.54) is 12.3 Å². The molecule has 0 saturated carbocycles. The Morgan fingerprint density at radius 2 is 1.90 bits per heavy atom. The topological polar surface area (TPSA) is 70.8 Å².